The molecule has 0 radical (unpaired) electrons. The van der Waals surface area contributed by atoms with Crippen molar-refractivity contribution in [2.75, 3.05) is 13.1 Å². The molecule has 1 amide bonds. The van der Waals surface area contributed by atoms with E-state index in [4.69, 9.17) is 5.73 Å². The SMILES string of the molecule is NCc1ccc(C(=O)N2CCCC(Cn3ccnn3)C2)cc1. The van der Waals surface area contributed by atoms with E-state index in [0.29, 0.717) is 12.5 Å². The quantitative estimate of drug-likeness (QED) is 0.923. The summed E-state index contributed by atoms with van der Waals surface area (Å²) < 4.78 is 1.84. The number of likely N-dealkylation sites (tertiary alicyclic amines) is 1. The highest BCUT2D eigenvalue weighted by Gasteiger charge is 2.24. The minimum atomic E-state index is 0.104. The molecule has 2 heterocycles. The number of hydrogen-bond donors (Lipinski definition) is 1. The molecule has 0 saturated carbocycles. The average molecular weight is 299 g/mol. The van der Waals surface area contributed by atoms with Gasteiger partial charge in [0.2, 0.25) is 0 Å². The third-order valence-corrected chi connectivity index (χ3v) is 4.16. The van der Waals surface area contributed by atoms with Gasteiger partial charge < -0.3 is 10.6 Å². The summed E-state index contributed by atoms with van der Waals surface area (Å²) in [4.78, 5) is 14.6. The van der Waals surface area contributed by atoms with E-state index < -0.39 is 0 Å². The summed E-state index contributed by atoms with van der Waals surface area (Å²) in [7, 11) is 0. The molecule has 2 aromatic rings. The fraction of sp³-hybridized carbons (Fsp3) is 0.438. The number of rotatable bonds is 4. The van der Waals surface area contributed by atoms with Crippen molar-refractivity contribution in [1.82, 2.24) is 19.9 Å². The summed E-state index contributed by atoms with van der Waals surface area (Å²) in [5.41, 5.74) is 7.37. The fourth-order valence-electron chi connectivity index (χ4n) is 2.96. The smallest absolute Gasteiger partial charge is 0.253 e. The van der Waals surface area contributed by atoms with Crippen LogP contribution < -0.4 is 5.73 Å². The normalized spacial score (nSPS) is 18.4. The molecule has 1 atom stereocenters. The van der Waals surface area contributed by atoms with E-state index in [0.717, 1.165) is 43.6 Å². The third-order valence-electron chi connectivity index (χ3n) is 4.16. The first-order valence-corrected chi connectivity index (χ1v) is 7.68. The van der Waals surface area contributed by atoms with E-state index >= 15 is 0 Å². The number of nitrogens with zero attached hydrogens (tertiary/aromatic N) is 4. The van der Waals surface area contributed by atoms with E-state index in [-0.39, 0.29) is 5.91 Å². The first-order chi connectivity index (χ1) is 10.8. The number of piperidine rings is 1. The van der Waals surface area contributed by atoms with Crippen molar-refractivity contribution in [1.29, 1.82) is 0 Å². The van der Waals surface area contributed by atoms with E-state index in [9.17, 15) is 4.79 Å². The molecule has 1 aliphatic rings. The molecular formula is C16H21N5O. The summed E-state index contributed by atoms with van der Waals surface area (Å²) in [6, 6.07) is 7.57. The Morgan fingerprint density at radius 1 is 1.32 bits per heavy atom. The van der Waals surface area contributed by atoms with Gasteiger partial charge in [-0.05, 0) is 36.5 Å². The topological polar surface area (TPSA) is 77.0 Å². The minimum Gasteiger partial charge on any atom is -0.338 e. The van der Waals surface area contributed by atoms with Crippen molar-refractivity contribution in [2.45, 2.75) is 25.9 Å². The van der Waals surface area contributed by atoms with Gasteiger partial charge in [0.05, 0.1) is 6.20 Å². The average Bonchev–Trinajstić information content (AvgIpc) is 3.07. The van der Waals surface area contributed by atoms with Gasteiger partial charge in [-0.15, -0.1) is 5.10 Å². The minimum absolute atomic E-state index is 0.104. The van der Waals surface area contributed by atoms with Gasteiger partial charge in [-0.3, -0.25) is 9.48 Å². The Morgan fingerprint density at radius 2 is 2.14 bits per heavy atom. The summed E-state index contributed by atoms with van der Waals surface area (Å²) in [6.07, 6.45) is 5.71. The number of hydrogen-bond acceptors (Lipinski definition) is 4. The highest BCUT2D eigenvalue weighted by atomic mass is 16.2. The number of aromatic nitrogens is 3. The zero-order chi connectivity index (χ0) is 15.4. The molecule has 1 unspecified atom stereocenters. The first-order valence-electron chi connectivity index (χ1n) is 7.68. The monoisotopic (exact) mass is 299 g/mol. The second-order valence-corrected chi connectivity index (χ2v) is 5.79. The van der Waals surface area contributed by atoms with Gasteiger partial charge in [0.25, 0.3) is 5.91 Å². The molecule has 0 bridgehead atoms. The lowest BCUT2D eigenvalue weighted by Gasteiger charge is -2.32. The van der Waals surface area contributed by atoms with E-state index in [1.54, 1.807) is 6.20 Å². The van der Waals surface area contributed by atoms with E-state index in [1.165, 1.54) is 0 Å². The summed E-state index contributed by atoms with van der Waals surface area (Å²) in [5.74, 6) is 0.537. The largest absolute Gasteiger partial charge is 0.338 e. The number of carbonyl (C=O) groups excluding carboxylic acids is 1. The second-order valence-electron chi connectivity index (χ2n) is 5.79. The predicted molar refractivity (Wildman–Crippen MR) is 83.0 cm³/mol. The Hall–Kier alpha value is -2.21. The van der Waals surface area contributed by atoms with Crippen LogP contribution in [-0.4, -0.2) is 38.9 Å². The Labute approximate surface area is 129 Å². The van der Waals surface area contributed by atoms with E-state index in [2.05, 4.69) is 10.3 Å². The second kappa shape index (κ2) is 6.70. The van der Waals surface area contributed by atoms with E-state index in [1.807, 2.05) is 40.0 Å². The highest BCUT2D eigenvalue weighted by Crippen LogP contribution is 2.20. The summed E-state index contributed by atoms with van der Waals surface area (Å²) in [6.45, 7) is 2.91. The maximum Gasteiger partial charge on any atom is 0.253 e. The van der Waals surface area contributed by atoms with Crippen molar-refractivity contribution in [3.8, 4) is 0 Å². The zero-order valence-corrected chi connectivity index (χ0v) is 12.6. The predicted octanol–water partition coefficient (Wildman–Crippen LogP) is 1.29. The lowest BCUT2D eigenvalue weighted by molar-refractivity contribution is 0.0659. The van der Waals surface area contributed by atoms with Crippen molar-refractivity contribution in [2.24, 2.45) is 11.7 Å². The van der Waals surface area contributed by atoms with Crippen LogP contribution in [0.2, 0.25) is 0 Å². The Kier molecular flexibility index (Phi) is 4.48. The summed E-state index contributed by atoms with van der Waals surface area (Å²) in [5, 5.41) is 7.84. The molecule has 0 aliphatic carbocycles. The number of nitrogens with two attached hydrogens (primary N) is 1. The van der Waals surface area contributed by atoms with Gasteiger partial charge in [0.1, 0.15) is 0 Å². The van der Waals surface area contributed by atoms with Gasteiger partial charge in [-0.1, -0.05) is 17.3 Å². The van der Waals surface area contributed by atoms with Crippen LogP contribution in [0.25, 0.3) is 0 Å². The van der Waals surface area contributed by atoms with Crippen LogP contribution in [0.4, 0.5) is 0 Å². The number of carbonyl (C=O) groups is 1. The Balaban J connectivity index is 1.64. The maximum atomic E-state index is 12.6. The molecule has 2 N–H and O–H groups in total. The van der Waals surface area contributed by atoms with Crippen molar-refractivity contribution in [3.05, 3.63) is 47.8 Å². The zero-order valence-electron chi connectivity index (χ0n) is 12.6. The molecular weight excluding hydrogens is 278 g/mol. The molecule has 6 nitrogen and oxygen atoms in total. The highest BCUT2D eigenvalue weighted by molar-refractivity contribution is 5.94. The van der Waals surface area contributed by atoms with Gasteiger partial charge >= 0.3 is 0 Å². The Morgan fingerprint density at radius 3 is 2.82 bits per heavy atom. The van der Waals surface area contributed by atoms with Gasteiger partial charge in [0.15, 0.2) is 0 Å². The van der Waals surface area contributed by atoms with Gasteiger partial charge in [0, 0.05) is 37.9 Å². The van der Waals surface area contributed by atoms with Crippen molar-refractivity contribution >= 4 is 5.91 Å². The first kappa shape index (κ1) is 14.7. The molecule has 1 saturated heterocycles. The van der Waals surface area contributed by atoms with Gasteiger partial charge in [-0.2, -0.15) is 0 Å². The molecule has 0 spiro atoms. The van der Waals surface area contributed by atoms with Crippen molar-refractivity contribution in [3.63, 3.8) is 0 Å². The van der Waals surface area contributed by atoms with Crippen molar-refractivity contribution < 1.29 is 4.79 Å². The van der Waals surface area contributed by atoms with Crippen LogP contribution in [0.3, 0.4) is 0 Å². The number of benzene rings is 1. The lowest BCUT2D eigenvalue weighted by Crippen LogP contribution is -2.41. The van der Waals surface area contributed by atoms with Crippen LogP contribution in [0, 0.1) is 5.92 Å². The molecule has 1 aromatic carbocycles. The number of amides is 1. The van der Waals surface area contributed by atoms with Gasteiger partial charge in [-0.25, -0.2) is 0 Å². The summed E-state index contributed by atoms with van der Waals surface area (Å²) >= 11 is 0. The van der Waals surface area contributed by atoms with Crippen LogP contribution in [0.5, 0.6) is 0 Å². The Bertz CT molecular complexity index is 608. The third kappa shape index (κ3) is 3.33. The lowest BCUT2D eigenvalue weighted by atomic mass is 9.97. The van der Waals surface area contributed by atoms with Crippen LogP contribution in [-0.2, 0) is 13.1 Å². The maximum absolute atomic E-state index is 12.6. The molecule has 6 heteroatoms. The fourth-order valence-corrected chi connectivity index (χ4v) is 2.96. The molecule has 1 fully saturated rings. The van der Waals surface area contributed by atoms with Crippen LogP contribution in [0.1, 0.15) is 28.8 Å². The molecule has 3 rings (SSSR count). The molecule has 1 aliphatic heterocycles. The molecule has 22 heavy (non-hydrogen) atoms. The standard InChI is InChI=1S/C16H21N5O/c17-10-13-3-5-15(6-4-13)16(22)20-8-1-2-14(11-20)12-21-9-7-18-19-21/h3-7,9,14H,1-2,8,10-12,17H2. The van der Waals surface area contributed by atoms with Crippen LogP contribution in [0.15, 0.2) is 36.7 Å². The molecule has 116 valence electrons. The molecule has 1 aromatic heterocycles. The van der Waals surface area contributed by atoms with Crippen LogP contribution >= 0.6 is 0 Å².